The molecule has 0 aromatic carbocycles. The molecule has 2 atom stereocenters. The number of ether oxygens (including phenoxy) is 1. The van der Waals surface area contributed by atoms with Crippen LogP contribution in [-0.4, -0.2) is 56.9 Å². The number of carbonyl (C=O) groups excluding carboxylic acids is 1. The van der Waals surface area contributed by atoms with Crippen LogP contribution < -0.4 is 0 Å². The van der Waals surface area contributed by atoms with E-state index in [2.05, 4.69) is 4.74 Å². The van der Waals surface area contributed by atoms with Gasteiger partial charge >= 0.3 is 35.8 Å². The Morgan fingerprint density at radius 3 is 1.61 bits per heavy atom. The van der Waals surface area contributed by atoms with Crippen LogP contribution in [0.5, 0.6) is 0 Å². The summed E-state index contributed by atoms with van der Waals surface area (Å²) in [7, 11) is -2.70. The predicted octanol–water partition coefficient (Wildman–Crippen LogP) is 4.87. The zero-order chi connectivity index (χ0) is 22.8. The third-order valence-corrected chi connectivity index (χ3v) is 4.93. The Morgan fingerprint density at radius 1 is 0.857 bits per heavy atom. The molecule has 0 radical (unpaired) electrons. The normalized spacial score (nSPS) is 24.9. The van der Waals surface area contributed by atoms with Gasteiger partial charge in [-0.2, -0.15) is 48.3 Å². The number of halogens is 11. The number of esters is 1. The van der Waals surface area contributed by atoms with Gasteiger partial charge in [-0.25, -0.2) is 0 Å². The molecule has 0 heterocycles. The van der Waals surface area contributed by atoms with Gasteiger partial charge in [-0.05, 0) is 26.1 Å². The van der Waals surface area contributed by atoms with E-state index in [4.69, 9.17) is 4.43 Å². The molecule has 0 saturated heterocycles. The molecular formula is C13H15F11O3Si. The second kappa shape index (κ2) is 6.44. The first-order chi connectivity index (χ1) is 12.0. The number of hydrogen-bond acceptors (Lipinski definition) is 3. The highest BCUT2D eigenvalue weighted by molar-refractivity contribution is 6.69. The van der Waals surface area contributed by atoms with Crippen LogP contribution >= 0.6 is 0 Å². The van der Waals surface area contributed by atoms with Crippen LogP contribution in [0.2, 0.25) is 19.6 Å². The predicted molar refractivity (Wildman–Crippen MR) is 73.1 cm³/mol. The van der Waals surface area contributed by atoms with Crippen molar-refractivity contribution in [3.63, 3.8) is 0 Å². The topological polar surface area (TPSA) is 35.5 Å². The number of methoxy groups -OCH3 is 1. The first kappa shape index (κ1) is 24.9. The van der Waals surface area contributed by atoms with E-state index in [1.165, 1.54) is 0 Å². The molecule has 0 bridgehead atoms. The average molecular weight is 456 g/mol. The summed E-state index contributed by atoms with van der Waals surface area (Å²) in [6.07, 6.45) is -8.59. The number of carbonyl (C=O) groups is 1. The average Bonchev–Trinajstić information content (AvgIpc) is 3.18. The lowest BCUT2D eigenvalue weighted by Crippen LogP contribution is -2.70. The molecule has 0 aromatic rings. The summed E-state index contributed by atoms with van der Waals surface area (Å²) in [4.78, 5) is 11.5. The minimum Gasteiger partial charge on any atom is -0.469 e. The van der Waals surface area contributed by atoms with E-state index < -0.39 is 62.1 Å². The Kier molecular flexibility index (Phi) is 5.73. The maximum atomic E-state index is 14.5. The minimum atomic E-state index is -7.55. The molecule has 1 saturated carbocycles. The zero-order valence-electron chi connectivity index (χ0n) is 14.7. The molecule has 0 aliphatic heterocycles. The minimum absolute atomic E-state index is 0.641. The largest absolute Gasteiger partial charge is 0.469 e. The van der Waals surface area contributed by atoms with E-state index >= 15 is 0 Å². The molecule has 15 heteroatoms. The summed E-state index contributed by atoms with van der Waals surface area (Å²) in [5, 5.41) is 0. The number of alkyl halides is 11. The lowest BCUT2D eigenvalue weighted by Gasteiger charge is -2.42. The second-order valence-electron chi connectivity index (χ2n) is 7.18. The fraction of sp³-hybridized carbons (Fsp3) is 0.923. The number of hydrogen-bond donors (Lipinski definition) is 0. The van der Waals surface area contributed by atoms with Gasteiger partial charge in [0, 0.05) is 0 Å². The van der Waals surface area contributed by atoms with Crippen LogP contribution in [0.1, 0.15) is 6.42 Å². The highest BCUT2D eigenvalue weighted by Crippen LogP contribution is 2.67. The molecule has 0 amide bonds. The van der Waals surface area contributed by atoms with Crippen molar-refractivity contribution in [3.05, 3.63) is 0 Å². The van der Waals surface area contributed by atoms with Crippen molar-refractivity contribution in [2.45, 2.75) is 61.5 Å². The van der Waals surface area contributed by atoms with E-state index in [0.717, 1.165) is 19.6 Å². The van der Waals surface area contributed by atoms with E-state index in [-0.39, 0.29) is 0 Å². The summed E-state index contributed by atoms with van der Waals surface area (Å²) >= 11 is 0. The van der Waals surface area contributed by atoms with Crippen molar-refractivity contribution in [3.8, 4) is 0 Å². The molecule has 1 aliphatic rings. The van der Waals surface area contributed by atoms with Crippen molar-refractivity contribution >= 4 is 14.3 Å². The summed E-state index contributed by atoms with van der Waals surface area (Å²) in [5.41, 5.74) is -3.72. The monoisotopic (exact) mass is 456 g/mol. The van der Waals surface area contributed by atoms with Crippen molar-refractivity contribution in [2.75, 3.05) is 7.11 Å². The summed E-state index contributed by atoms with van der Waals surface area (Å²) in [5.74, 6) is -32.4. The molecule has 166 valence electrons. The molecule has 0 N–H and O–H groups in total. The molecule has 1 rings (SSSR count). The molecular weight excluding hydrogens is 441 g/mol. The summed E-state index contributed by atoms with van der Waals surface area (Å²) < 4.78 is 155. The summed E-state index contributed by atoms with van der Waals surface area (Å²) in [6.45, 7) is 3.37. The zero-order valence-corrected chi connectivity index (χ0v) is 15.7. The Bertz CT molecular complexity index is 626. The van der Waals surface area contributed by atoms with E-state index in [0.29, 0.717) is 7.11 Å². The SMILES string of the molecule is COC(=O)[C@H]1C[C@]1(O[Si](C)(C)C)C(F)(F)C(F)(F)C(F)(F)C(F)(F)C(F)(F)F. The standard InChI is InChI=1S/C13H15F11O3Si/c1-26-7(25)6-5-8(6,27-28(2,3)4)9(14,15)10(16,17)11(18,19)12(20,21)13(22,23)24/h6H,5H2,1-4H3/t6-,8-/m1/s1. The third kappa shape index (κ3) is 3.37. The number of rotatable bonds is 7. The molecule has 28 heavy (non-hydrogen) atoms. The highest BCUT2D eigenvalue weighted by Gasteiger charge is 2.93. The lowest BCUT2D eigenvalue weighted by molar-refractivity contribution is -0.430. The van der Waals surface area contributed by atoms with Crippen molar-refractivity contribution in [1.29, 1.82) is 0 Å². The molecule has 3 nitrogen and oxygen atoms in total. The van der Waals surface area contributed by atoms with Gasteiger partial charge < -0.3 is 9.16 Å². The fourth-order valence-corrected chi connectivity index (χ4v) is 4.02. The van der Waals surface area contributed by atoms with Crippen LogP contribution in [0.3, 0.4) is 0 Å². The van der Waals surface area contributed by atoms with E-state index in [1.807, 2.05) is 0 Å². The van der Waals surface area contributed by atoms with Gasteiger partial charge in [0.25, 0.3) is 0 Å². The van der Waals surface area contributed by atoms with Gasteiger partial charge in [0.05, 0.1) is 13.0 Å². The summed E-state index contributed by atoms with van der Waals surface area (Å²) in [6, 6.07) is 0. The van der Waals surface area contributed by atoms with Crippen LogP contribution in [0.25, 0.3) is 0 Å². The Balaban J connectivity index is 3.57. The molecule has 0 spiro atoms. The van der Waals surface area contributed by atoms with E-state index in [1.54, 1.807) is 0 Å². The molecule has 0 unspecified atom stereocenters. The maximum absolute atomic E-state index is 14.5. The second-order valence-corrected chi connectivity index (χ2v) is 11.6. The van der Waals surface area contributed by atoms with Crippen molar-refractivity contribution in [1.82, 2.24) is 0 Å². The first-order valence-electron chi connectivity index (χ1n) is 7.39. The third-order valence-electron chi connectivity index (χ3n) is 3.95. The van der Waals surface area contributed by atoms with Crippen LogP contribution in [0, 0.1) is 5.92 Å². The Hall–Kier alpha value is -1.12. The smallest absolute Gasteiger partial charge is 0.460 e. The van der Waals surface area contributed by atoms with Gasteiger partial charge in [0.15, 0.2) is 8.32 Å². The van der Waals surface area contributed by atoms with E-state index in [9.17, 15) is 53.1 Å². The fourth-order valence-electron chi connectivity index (χ4n) is 2.57. The van der Waals surface area contributed by atoms with Crippen LogP contribution in [-0.2, 0) is 14.0 Å². The Labute approximate surface area is 152 Å². The molecule has 0 aromatic heterocycles. The van der Waals surface area contributed by atoms with Gasteiger partial charge in [0.1, 0.15) is 5.60 Å². The quantitative estimate of drug-likeness (QED) is 0.312. The van der Waals surface area contributed by atoms with Crippen molar-refractivity contribution < 1.29 is 62.3 Å². The van der Waals surface area contributed by atoms with Gasteiger partial charge in [-0.15, -0.1) is 0 Å². The van der Waals surface area contributed by atoms with Gasteiger partial charge in [-0.1, -0.05) is 0 Å². The van der Waals surface area contributed by atoms with Crippen LogP contribution in [0.4, 0.5) is 48.3 Å². The molecule has 1 aliphatic carbocycles. The lowest BCUT2D eigenvalue weighted by atomic mass is 9.92. The Morgan fingerprint density at radius 2 is 1.29 bits per heavy atom. The maximum Gasteiger partial charge on any atom is 0.460 e. The van der Waals surface area contributed by atoms with Crippen molar-refractivity contribution in [2.24, 2.45) is 5.92 Å². The first-order valence-corrected chi connectivity index (χ1v) is 10.8. The van der Waals surface area contributed by atoms with Gasteiger partial charge in [0.2, 0.25) is 0 Å². The van der Waals surface area contributed by atoms with Gasteiger partial charge in [-0.3, -0.25) is 4.79 Å². The highest BCUT2D eigenvalue weighted by atomic mass is 28.4. The molecule has 1 fully saturated rings. The van der Waals surface area contributed by atoms with Crippen LogP contribution in [0.15, 0.2) is 0 Å².